The molecule has 0 unspecified atom stereocenters. The zero-order chi connectivity index (χ0) is 15.4. The van der Waals surface area contributed by atoms with Gasteiger partial charge >= 0.3 is 0 Å². The van der Waals surface area contributed by atoms with Crippen LogP contribution >= 0.6 is 0 Å². The Kier molecular flexibility index (Phi) is 2.60. The molecular formula is C22H16O. The number of fused-ring (bicyclic) bond motifs is 4. The third-order valence-electron chi connectivity index (χ3n) is 5.28. The summed E-state index contributed by atoms with van der Waals surface area (Å²) in [5, 5.41) is 0. The van der Waals surface area contributed by atoms with Gasteiger partial charge in [-0.05, 0) is 40.7 Å². The molecule has 0 spiro atoms. The van der Waals surface area contributed by atoms with Gasteiger partial charge in [0.15, 0.2) is 5.78 Å². The molecule has 2 aliphatic carbocycles. The molecule has 5 rings (SSSR count). The maximum atomic E-state index is 13.0. The third kappa shape index (κ3) is 1.71. The molecule has 0 fully saturated rings. The van der Waals surface area contributed by atoms with Crippen molar-refractivity contribution < 1.29 is 4.79 Å². The minimum atomic E-state index is 0.174. The van der Waals surface area contributed by atoms with Gasteiger partial charge < -0.3 is 0 Å². The number of rotatable bonds is 0. The molecule has 0 radical (unpaired) electrons. The lowest BCUT2D eigenvalue weighted by Gasteiger charge is -2.29. The zero-order valence-corrected chi connectivity index (χ0v) is 12.8. The topological polar surface area (TPSA) is 17.1 Å². The Morgan fingerprint density at radius 1 is 0.652 bits per heavy atom. The average Bonchev–Trinajstić information content (AvgIpc) is 2.77. The van der Waals surface area contributed by atoms with Crippen LogP contribution in [0.1, 0.15) is 49.7 Å². The van der Waals surface area contributed by atoms with E-state index in [2.05, 4.69) is 36.4 Å². The van der Waals surface area contributed by atoms with E-state index in [1.807, 2.05) is 30.3 Å². The van der Waals surface area contributed by atoms with Gasteiger partial charge in [0.2, 0.25) is 0 Å². The highest BCUT2D eigenvalue weighted by Crippen LogP contribution is 2.45. The molecule has 0 aliphatic heterocycles. The number of benzene rings is 3. The highest BCUT2D eigenvalue weighted by Gasteiger charge is 2.35. The van der Waals surface area contributed by atoms with E-state index in [4.69, 9.17) is 0 Å². The van der Waals surface area contributed by atoms with Gasteiger partial charge in [-0.1, -0.05) is 66.7 Å². The Morgan fingerprint density at radius 3 is 2.22 bits per heavy atom. The minimum absolute atomic E-state index is 0.174. The van der Waals surface area contributed by atoms with Crippen LogP contribution < -0.4 is 0 Å². The largest absolute Gasteiger partial charge is 0.289 e. The van der Waals surface area contributed by atoms with Crippen LogP contribution in [0.15, 0.2) is 66.7 Å². The van der Waals surface area contributed by atoms with Gasteiger partial charge in [0.05, 0.1) is 0 Å². The summed E-state index contributed by atoms with van der Waals surface area (Å²) in [6, 6.07) is 23.0. The Labute approximate surface area is 135 Å². The molecule has 0 N–H and O–H groups in total. The van der Waals surface area contributed by atoms with Gasteiger partial charge in [-0.25, -0.2) is 0 Å². The number of carbonyl (C=O) groups is 1. The van der Waals surface area contributed by atoms with Gasteiger partial charge in [-0.15, -0.1) is 0 Å². The number of aryl methyl sites for hydroxylation is 2. The normalized spacial score (nSPS) is 17.7. The third-order valence-corrected chi connectivity index (χ3v) is 5.28. The standard InChI is InChI=1S/C22H16O/c23-22-18-10-4-3-9-17(18)21-16-8-2-1-6-14(16)12-13-15-7-5-11-19(22)20(15)21/h1-11,21H,12-13H2/t21-/m0/s1. The van der Waals surface area contributed by atoms with E-state index in [-0.39, 0.29) is 11.7 Å². The Hall–Kier alpha value is -2.67. The lowest BCUT2D eigenvalue weighted by Crippen LogP contribution is -2.21. The van der Waals surface area contributed by atoms with Crippen LogP contribution in [0, 0.1) is 0 Å². The molecule has 0 amide bonds. The van der Waals surface area contributed by atoms with Crippen LogP contribution in [-0.2, 0) is 12.8 Å². The molecule has 1 nitrogen and oxygen atoms in total. The molecule has 3 aromatic carbocycles. The van der Waals surface area contributed by atoms with Gasteiger partial charge in [0, 0.05) is 17.0 Å². The predicted molar refractivity (Wildman–Crippen MR) is 91.1 cm³/mol. The SMILES string of the molecule is O=C1c2ccccc2[C@@H]2c3ccccc3CCc3cccc1c32. The van der Waals surface area contributed by atoms with Gasteiger partial charge in [0.25, 0.3) is 0 Å². The Bertz CT molecular complexity index is 952. The summed E-state index contributed by atoms with van der Waals surface area (Å²) in [4.78, 5) is 13.0. The first-order chi connectivity index (χ1) is 11.3. The maximum Gasteiger partial charge on any atom is 0.193 e. The Balaban J connectivity index is 1.92. The quantitative estimate of drug-likeness (QED) is 0.466. The monoisotopic (exact) mass is 296 g/mol. The average molecular weight is 296 g/mol. The van der Waals surface area contributed by atoms with Crippen LogP contribution in [0.3, 0.4) is 0 Å². The first-order valence-corrected chi connectivity index (χ1v) is 8.18. The molecule has 23 heavy (non-hydrogen) atoms. The molecule has 3 aromatic rings. The fourth-order valence-corrected chi connectivity index (χ4v) is 4.26. The maximum absolute atomic E-state index is 13.0. The molecule has 110 valence electrons. The molecule has 0 aromatic heterocycles. The lowest BCUT2D eigenvalue weighted by molar-refractivity contribution is 0.103. The van der Waals surface area contributed by atoms with E-state index in [0.717, 1.165) is 29.5 Å². The fraction of sp³-hybridized carbons (Fsp3) is 0.136. The fourth-order valence-electron chi connectivity index (χ4n) is 4.26. The van der Waals surface area contributed by atoms with Crippen molar-refractivity contribution >= 4 is 5.78 Å². The van der Waals surface area contributed by atoms with Crippen molar-refractivity contribution in [3.8, 4) is 0 Å². The van der Waals surface area contributed by atoms with Crippen LogP contribution in [0.25, 0.3) is 0 Å². The molecule has 1 atom stereocenters. The van der Waals surface area contributed by atoms with E-state index in [1.165, 1.54) is 22.3 Å². The van der Waals surface area contributed by atoms with Crippen molar-refractivity contribution in [2.24, 2.45) is 0 Å². The second kappa shape index (κ2) is 4.66. The second-order valence-corrected chi connectivity index (χ2v) is 6.43. The van der Waals surface area contributed by atoms with E-state index in [1.54, 1.807) is 0 Å². The van der Waals surface area contributed by atoms with E-state index < -0.39 is 0 Å². The van der Waals surface area contributed by atoms with Crippen molar-refractivity contribution in [3.05, 3.63) is 106 Å². The molecule has 1 heteroatoms. The number of hydrogen-bond donors (Lipinski definition) is 0. The number of hydrogen-bond acceptors (Lipinski definition) is 1. The molecule has 0 saturated carbocycles. The number of carbonyl (C=O) groups excluding carboxylic acids is 1. The van der Waals surface area contributed by atoms with E-state index >= 15 is 0 Å². The van der Waals surface area contributed by atoms with Gasteiger partial charge in [-0.2, -0.15) is 0 Å². The summed E-state index contributed by atoms with van der Waals surface area (Å²) in [5.74, 6) is 0.363. The van der Waals surface area contributed by atoms with Crippen molar-refractivity contribution in [2.45, 2.75) is 18.8 Å². The summed E-state index contributed by atoms with van der Waals surface area (Å²) in [6.45, 7) is 0. The summed E-state index contributed by atoms with van der Waals surface area (Å²) >= 11 is 0. The van der Waals surface area contributed by atoms with Crippen molar-refractivity contribution in [1.82, 2.24) is 0 Å². The minimum Gasteiger partial charge on any atom is -0.289 e. The predicted octanol–water partition coefficient (Wildman–Crippen LogP) is 4.51. The van der Waals surface area contributed by atoms with Crippen molar-refractivity contribution in [3.63, 3.8) is 0 Å². The van der Waals surface area contributed by atoms with Gasteiger partial charge in [-0.3, -0.25) is 4.79 Å². The van der Waals surface area contributed by atoms with Gasteiger partial charge in [0.1, 0.15) is 0 Å². The van der Waals surface area contributed by atoms with Crippen molar-refractivity contribution in [1.29, 1.82) is 0 Å². The van der Waals surface area contributed by atoms with Crippen LogP contribution in [0.4, 0.5) is 0 Å². The molecule has 0 bridgehead atoms. The Morgan fingerprint density at radius 2 is 1.30 bits per heavy atom. The summed E-state index contributed by atoms with van der Waals surface area (Å²) in [6.07, 6.45) is 2.05. The molecular weight excluding hydrogens is 280 g/mol. The zero-order valence-electron chi connectivity index (χ0n) is 12.8. The highest BCUT2D eigenvalue weighted by molar-refractivity contribution is 6.13. The van der Waals surface area contributed by atoms with E-state index in [9.17, 15) is 4.79 Å². The summed E-state index contributed by atoms with van der Waals surface area (Å²) in [7, 11) is 0. The highest BCUT2D eigenvalue weighted by atomic mass is 16.1. The summed E-state index contributed by atoms with van der Waals surface area (Å²) in [5.41, 5.74) is 8.24. The first-order valence-electron chi connectivity index (χ1n) is 8.18. The molecule has 0 heterocycles. The molecule has 0 saturated heterocycles. The smallest absolute Gasteiger partial charge is 0.193 e. The molecule has 2 aliphatic rings. The van der Waals surface area contributed by atoms with Crippen LogP contribution in [0.2, 0.25) is 0 Å². The number of ketones is 1. The first kappa shape index (κ1) is 12.8. The lowest BCUT2D eigenvalue weighted by atomic mass is 9.73. The van der Waals surface area contributed by atoms with E-state index in [0.29, 0.717) is 0 Å². The van der Waals surface area contributed by atoms with Crippen molar-refractivity contribution in [2.75, 3.05) is 0 Å². The van der Waals surface area contributed by atoms with Crippen LogP contribution in [0.5, 0.6) is 0 Å². The second-order valence-electron chi connectivity index (χ2n) is 6.43. The summed E-state index contributed by atoms with van der Waals surface area (Å²) < 4.78 is 0. The van der Waals surface area contributed by atoms with Crippen LogP contribution in [-0.4, -0.2) is 5.78 Å².